The highest BCUT2D eigenvalue weighted by Crippen LogP contribution is 2.42. The molecule has 3 heterocycles. The van der Waals surface area contributed by atoms with Crippen molar-refractivity contribution in [1.82, 2.24) is 14.9 Å². The van der Waals surface area contributed by atoms with E-state index in [0.717, 1.165) is 30.5 Å². The zero-order chi connectivity index (χ0) is 30.1. The van der Waals surface area contributed by atoms with Gasteiger partial charge in [-0.15, -0.1) is 0 Å². The number of piperidine rings is 1. The molecule has 1 amide bonds. The van der Waals surface area contributed by atoms with E-state index in [1.807, 2.05) is 20.8 Å². The summed E-state index contributed by atoms with van der Waals surface area (Å²) in [6, 6.07) is 4.94. The van der Waals surface area contributed by atoms with Crippen LogP contribution in [0.2, 0.25) is 0 Å². The van der Waals surface area contributed by atoms with Gasteiger partial charge in [-0.1, -0.05) is 12.1 Å². The van der Waals surface area contributed by atoms with Gasteiger partial charge in [-0.2, -0.15) is 27.8 Å². The van der Waals surface area contributed by atoms with Gasteiger partial charge in [0.25, 0.3) is 0 Å². The number of hydrogen-bond acceptors (Lipinski definition) is 8. The molecule has 0 spiro atoms. The maximum absolute atomic E-state index is 15.9. The molecule has 0 unspecified atom stereocenters. The Labute approximate surface area is 242 Å². The van der Waals surface area contributed by atoms with Crippen molar-refractivity contribution in [1.29, 1.82) is 0 Å². The first-order valence-electron chi connectivity index (χ1n) is 14.1. The third kappa shape index (κ3) is 6.81. The Hall–Kier alpha value is -3.77. The number of ether oxygens (including phenoxy) is 1. The van der Waals surface area contributed by atoms with E-state index in [9.17, 15) is 18.0 Å². The van der Waals surface area contributed by atoms with E-state index < -0.39 is 28.6 Å². The summed E-state index contributed by atoms with van der Waals surface area (Å²) < 4.78 is 60.5. The van der Waals surface area contributed by atoms with Crippen molar-refractivity contribution in [3.05, 3.63) is 59.3 Å². The van der Waals surface area contributed by atoms with Gasteiger partial charge in [-0.05, 0) is 69.7 Å². The molecular formula is C29H35F4N7O2. The number of carbonyl (C=O) groups excluding carboxylic acids is 1. The number of nitrogens with zero attached hydrogens (tertiary/aromatic N) is 6. The van der Waals surface area contributed by atoms with Crippen LogP contribution >= 0.6 is 0 Å². The Morgan fingerprint density at radius 1 is 1.12 bits per heavy atom. The minimum atomic E-state index is -4.42. The minimum absolute atomic E-state index is 0.0412. The summed E-state index contributed by atoms with van der Waals surface area (Å²) in [4.78, 5) is 24.5. The van der Waals surface area contributed by atoms with Crippen LogP contribution in [0.5, 0.6) is 0 Å². The summed E-state index contributed by atoms with van der Waals surface area (Å²) >= 11 is 0. The molecule has 0 bridgehead atoms. The number of rotatable bonds is 8. The number of amides is 1. The molecule has 1 aromatic heterocycles. The van der Waals surface area contributed by atoms with Crippen molar-refractivity contribution >= 4 is 17.7 Å². The quantitative estimate of drug-likeness (QED) is 0.350. The van der Waals surface area contributed by atoms with E-state index in [4.69, 9.17) is 4.74 Å². The smallest absolute Gasteiger partial charge is 0.416 e. The Morgan fingerprint density at radius 3 is 2.38 bits per heavy atom. The highest BCUT2D eigenvalue weighted by Gasteiger charge is 2.41. The van der Waals surface area contributed by atoms with Crippen molar-refractivity contribution in [3.63, 3.8) is 0 Å². The zero-order valence-electron chi connectivity index (χ0n) is 23.9. The molecule has 13 heteroatoms. The van der Waals surface area contributed by atoms with Crippen LogP contribution in [0, 0.1) is 11.2 Å². The molecule has 1 aliphatic carbocycles. The molecule has 1 aromatic carbocycles. The first kappa shape index (κ1) is 29.7. The van der Waals surface area contributed by atoms with Gasteiger partial charge in [0.05, 0.1) is 18.3 Å². The zero-order valence-corrected chi connectivity index (χ0v) is 23.9. The highest BCUT2D eigenvalue weighted by atomic mass is 19.4. The summed E-state index contributed by atoms with van der Waals surface area (Å²) in [6.07, 6.45) is 1.14. The Bertz CT molecular complexity index is 1340. The van der Waals surface area contributed by atoms with Crippen LogP contribution in [0.1, 0.15) is 57.6 Å². The van der Waals surface area contributed by atoms with Crippen molar-refractivity contribution in [3.8, 4) is 0 Å². The maximum atomic E-state index is 15.9. The van der Waals surface area contributed by atoms with Crippen LogP contribution in [0.4, 0.5) is 34.0 Å². The first-order chi connectivity index (χ1) is 19.8. The van der Waals surface area contributed by atoms with Crippen molar-refractivity contribution < 1.29 is 27.1 Å². The van der Waals surface area contributed by atoms with Gasteiger partial charge in [0.15, 0.2) is 11.6 Å². The standard InChI is InChI=1S/C29H35F4N7O2/c1-27(2,3)42-26(41)39-12-10-28(11-13-39,21-14-37-38-15-21)17-34-24-23(30)25(36-18-35-24)40(22-8-9-22)16-19-4-6-20(7-5-19)29(31,32)33/h4-7,14,18,22H,8-13,15-17H2,1-3H3,(H,34,35,36). The van der Waals surface area contributed by atoms with Crippen LogP contribution in [0.25, 0.3) is 0 Å². The fourth-order valence-electron chi connectivity index (χ4n) is 5.32. The normalized spacial score (nSPS) is 18.5. The van der Waals surface area contributed by atoms with Gasteiger partial charge in [0.1, 0.15) is 11.9 Å². The summed E-state index contributed by atoms with van der Waals surface area (Å²) in [6.45, 7) is 7.42. The molecule has 1 saturated heterocycles. The first-order valence-corrected chi connectivity index (χ1v) is 14.1. The van der Waals surface area contributed by atoms with E-state index in [-0.39, 0.29) is 30.3 Å². The average molecular weight is 590 g/mol. The number of aromatic nitrogens is 2. The summed E-state index contributed by atoms with van der Waals surface area (Å²) in [5.41, 5.74) is -0.111. The molecular weight excluding hydrogens is 554 g/mol. The van der Waals surface area contributed by atoms with E-state index >= 15 is 4.39 Å². The largest absolute Gasteiger partial charge is 0.444 e. The summed E-state index contributed by atoms with van der Waals surface area (Å²) in [7, 11) is 0. The number of azo groups is 1. The number of benzene rings is 1. The number of nitrogens with one attached hydrogen (secondary N) is 1. The molecule has 0 radical (unpaired) electrons. The third-order valence-corrected chi connectivity index (χ3v) is 7.85. The van der Waals surface area contributed by atoms with Crippen LogP contribution in [-0.2, 0) is 17.5 Å². The maximum Gasteiger partial charge on any atom is 0.416 e. The molecule has 2 aromatic rings. The van der Waals surface area contributed by atoms with Gasteiger partial charge < -0.3 is 19.9 Å². The Morgan fingerprint density at radius 2 is 1.81 bits per heavy atom. The van der Waals surface area contributed by atoms with Crippen LogP contribution in [0.15, 0.2) is 52.6 Å². The number of hydrogen-bond donors (Lipinski definition) is 1. The number of carbonyl (C=O) groups is 1. The fraction of sp³-hybridized carbons (Fsp3) is 0.552. The van der Waals surface area contributed by atoms with Gasteiger partial charge in [0.2, 0.25) is 5.82 Å². The molecule has 1 saturated carbocycles. The molecule has 2 fully saturated rings. The third-order valence-electron chi connectivity index (χ3n) is 7.85. The minimum Gasteiger partial charge on any atom is -0.444 e. The number of halogens is 4. The lowest BCUT2D eigenvalue weighted by molar-refractivity contribution is -0.137. The molecule has 1 N–H and O–H groups in total. The number of anilines is 2. The average Bonchev–Trinajstić information content (AvgIpc) is 3.62. The molecule has 42 heavy (non-hydrogen) atoms. The van der Waals surface area contributed by atoms with Crippen molar-refractivity contribution in [2.45, 2.75) is 70.8 Å². The molecule has 3 aliphatic rings. The van der Waals surface area contributed by atoms with Crippen molar-refractivity contribution in [2.24, 2.45) is 15.6 Å². The summed E-state index contributed by atoms with van der Waals surface area (Å²) in [5.74, 6) is -0.472. The predicted octanol–water partition coefficient (Wildman–Crippen LogP) is 6.58. The topological polar surface area (TPSA) is 95.3 Å². The lowest BCUT2D eigenvalue weighted by Gasteiger charge is -2.42. The van der Waals surface area contributed by atoms with E-state index in [1.54, 1.807) is 16.0 Å². The number of likely N-dealkylation sites (tertiary alicyclic amines) is 1. The van der Waals surface area contributed by atoms with E-state index in [2.05, 4.69) is 25.5 Å². The van der Waals surface area contributed by atoms with Crippen LogP contribution in [0.3, 0.4) is 0 Å². The second-order valence-corrected chi connectivity index (χ2v) is 12.1. The molecule has 0 atom stereocenters. The van der Waals surface area contributed by atoms with Gasteiger partial charge in [-0.3, -0.25) is 0 Å². The molecule has 2 aliphatic heterocycles. The lowest BCUT2D eigenvalue weighted by Crippen LogP contribution is -2.48. The molecule has 226 valence electrons. The monoisotopic (exact) mass is 589 g/mol. The lowest BCUT2D eigenvalue weighted by atomic mass is 9.72. The van der Waals surface area contributed by atoms with Gasteiger partial charge >= 0.3 is 12.3 Å². The molecule has 9 nitrogen and oxygen atoms in total. The van der Waals surface area contributed by atoms with E-state index in [1.165, 1.54) is 18.5 Å². The Kier molecular flexibility index (Phi) is 8.13. The molecule has 5 rings (SSSR count). The van der Waals surface area contributed by atoms with Gasteiger partial charge in [-0.25, -0.2) is 14.8 Å². The summed E-state index contributed by atoms with van der Waals surface area (Å²) in [5, 5.41) is 11.3. The predicted molar refractivity (Wildman–Crippen MR) is 148 cm³/mol. The van der Waals surface area contributed by atoms with Crippen molar-refractivity contribution in [2.75, 3.05) is 36.4 Å². The fourth-order valence-corrected chi connectivity index (χ4v) is 5.32. The highest BCUT2D eigenvalue weighted by molar-refractivity contribution is 5.68. The van der Waals surface area contributed by atoms with Gasteiger partial charge in [0, 0.05) is 37.6 Å². The number of alkyl halides is 3. The van der Waals surface area contributed by atoms with E-state index in [0.29, 0.717) is 44.6 Å². The second-order valence-electron chi connectivity index (χ2n) is 12.1. The Balaban J connectivity index is 1.30. The second kappa shape index (κ2) is 11.5. The van der Waals surface area contributed by atoms with Crippen LogP contribution in [-0.4, -0.2) is 58.8 Å². The van der Waals surface area contributed by atoms with Crippen LogP contribution < -0.4 is 10.2 Å². The SMILES string of the molecule is CC(C)(C)OC(=O)N1CCC(CNc2ncnc(N(Cc3ccc(C(F)(F)F)cc3)C3CC3)c2F)(C2=CN=NC2)CC1.